The molecular formula is C18H24N6. The predicted molar refractivity (Wildman–Crippen MR) is 94.5 cm³/mol. The first-order chi connectivity index (χ1) is 11.4. The SMILES string of the molecule is Cc1cnc(C)cn1.Cc1cncc(C)n1.Cc1nccnc1C. The van der Waals surface area contributed by atoms with E-state index in [2.05, 4.69) is 29.9 Å². The summed E-state index contributed by atoms with van der Waals surface area (Å²) in [6, 6.07) is 0. The molecule has 0 saturated heterocycles. The standard InChI is InChI=1S/3C6H8N2/c1-5-3-8-6(2)4-7-5;1-5-3-7-4-6(2)8-5;1-5-6(2)8-4-3-7-5/h3*3-4H,1-2H3. The number of hydrogen-bond donors (Lipinski definition) is 0. The van der Waals surface area contributed by atoms with Gasteiger partial charge in [-0.15, -0.1) is 0 Å². The van der Waals surface area contributed by atoms with Crippen molar-refractivity contribution in [1.82, 2.24) is 29.9 Å². The van der Waals surface area contributed by atoms with Gasteiger partial charge in [-0.05, 0) is 41.5 Å². The highest BCUT2D eigenvalue weighted by atomic mass is 14.8. The number of nitrogens with zero attached hydrogens (tertiary/aromatic N) is 6. The van der Waals surface area contributed by atoms with Gasteiger partial charge in [-0.3, -0.25) is 29.9 Å². The van der Waals surface area contributed by atoms with Gasteiger partial charge in [0.2, 0.25) is 0 Å². The van der Waals surface area contributed by atoms with Gasteiger partial charge in [0.25, 0.3) is 0 Å². The highest BCUT2D eigenvalue weighted by Crippen LogP contribution is 1.93. The summed E-state index contributed by atoms with van der Waals surface area (Å²) < 4.78 is 0. The van der Waals surface area contributed by atoms with E-state index in [1.165, 1.54) is 0 Å². The molecule has 6 heteroatoms. The van der Waals surface area contributed by atoms with E-state index in [1.807, 2.05) is 41.5 Å². The molecule has 3 aromatic rings. The first-order valence-corrected chi connectivity index (χ1v) is 7.63. The van der Waals surface area contributed by atoms with E-state index in [1.54, 1.807) is 37.2 Å². The fourth-order valence-electron chi connectivity index (χ4n) is 1.52. The summed E-state index contributed by atoms with van der Waals surface area (Å²) in [5, 5.41) is 0. The minimum absolute atomic E-state index is 0.968. The minimum atomic E-state index is 0.968. The lowest BCUT2D eigenvalue weighted by Crippen LogP contribution is -1.87. The summed E-state index contributed by atoms with van der Waals surface area (Å²) in [7, 11) is 0. The molecule has 0 aliphatic heterocycles. The molecule has 0 aliphatic carbocycles. The number of hydrogen-bond acceptors (Lipinski definition) is 6. The highest BCUT2D eigenvalue weighted by molar-refractivity contribution is 5.04. The van der Waals surface area contributed by atoms with E-state index in [0.29, 0.717) is 0 Å². The maximum Gasteiger partial charge on any atom is 0.0584 e. The third-order valence-corrected chi connectivity index (χ3v) is 2.91. The maximum absolute atomic E-state index is 4.11. The van der Waals surface area contributed by atoms with Gasteiger partial charge < -0.3 is 0 Å². The van der Waals surface area contributed by atoms with E-state index in [0.717, 1.165) is 34.2 Å². The molecule has 0 amide bonds. The molecule has 126 valence electrons. The Hall–Kier alpha value is -2.76. The van der Waals surface area contributed by atoms with Crippen LogP contribution in [0.3, 0.4) is 0 Å². The van der Waals surface area contributed by atoms with Gasteiger partial charge in [0.15, 0.2) is 0 Å². The molecule has 0 saturated carbocycles. The normalized spacial score (nSPS) is 9.25. The molecule has 0 fully saturated rings. The van der Waals surface area contributed by atoms with Crippen LogP contribution < -0.4 is 0 Å². The van der Waals surface area contributed by atoms with Crippen molar-refractivity contribution in [2.24, 2.45) is 0 Å². The Morgan fingerprint density at radius 1 is 0.500 bits per heavy atom. The fourth-order valence-corrected chi connectivity index (χ4v) is 1.52. The van der Waals surface area contributed by atoms with E-state index >= 15 is 0 Å². The van der Waals surface area contributed by atoms with Crippen LogP contribution in [0.4, 0.5) is 0 Å². The molecule has 3 heterocycles. The van der Waals surface area contributed by atoms with Crippen molar-refractivity contribution >= 4 is 0 Å². The van der Waals surface area contributed by atoms with Gasteiger partial charge >= 0.3 is 0 Å². The first-order valence-electron chi connectivity index (χ1n) is 7.63. The quantitative estimate of drug-likeness (QED) is 0.631. The van der Waals surface area contributed by atoms with Crippen molar-refractivity contribution < 1.29 is 0 Å². The van der Waals surface area contributed by atoms with Crippen LogP contribution >= 0.6 is 0 Å². The van der Waals surface area contributed by atoms with Crippen LogP contribution in [0.15, 0.2) is 37.2 Å². The van der Waals surface area contributed by atoms with Crippen molar-refractivity contribution in [3.8, 4) is 0 Å². The lowest BCUT2D eigenvalue weighted by Gasteiger charge is -1.91. The smallest absolute Gasteiger partial charge is 0.0584 e. The van der Waals surface area contributed by atoms with Gasteiger partial charge in [0.05, 0.1) is 34.2 Å². The van der Waals surface area contributed by atoms with E-state index in [-0.39, 0.29) is 0 Å². The molecule has 0 atom stereocenters. The van der Waals surface area contributed by atoms with Gasteiger partial charge in [0, 0.05) is 37.2 Å². The molecule has 0 N–H and O–H groups in total. The molecule has 6 nitrogen and oxygen atoms in total. The average Bonchev–Trinajstić information content (AvgIpc) is 2.54. The molecule has 0 aromatic carbocycles. The van der Waals surface area contributed by atoms with Crippen molar-refractivity contribution in [2.75, 3.05) is 0 Å². The number of rotatable bonds is 0. The van der Waals surface area contributed by atoms with Crippen molar-refractivity contribution in [1.29, 1.82) is 0 Å². The van der Waals surface area contributed by atoms with Gasteiger partial charge in [-0.1, -0.05) is 0 Å². The zero-order chi connectivity index (χ0) is 17.9. The Bertz CT molecular complexity index is 681. The third-order valence-electron chi connectivity index (χ3n) is 2.91. The molecule has 0 bridgehead atoms. The molecule has 0 aliphatic rings. The van der Waals surface area contributed by atoms with Gasteiger partial charge in [0.1, 0.15) is 0 Å². The van der Waals surface area contributed by atoms with Crippen LogP contribution in [0.1, 0.15) is 34.2 Å². The monoisotopic (exact) mass is 324 g/mol. The lowest BCUT2D eigenvalue weighted by atomic mass is 10.4. The van der Waals surface area contributed by atoms with Crippen LogP contribution in [0.5, 0.6) is 0 Å². The second-order valence-corrected chi connectivity index (χ2v) is 5.33. The second-order valence-electron chi connectivity index (χ2n) is 5.33. The van der Waals surface area contributed by atoms with Crippen molar-refractivity contribution in [3.05, 3.63) is 71.3 Å². The summed E-state index contributed by atoms with van der Waals surface area (Å²) in [6.07, 6.45) is 10.4. The number of aromatic nitrogens is 6. The minimum Gasteiger partial charge on any atom is -0.261 e. The van der Waals surface area contributed by atoms with Crippen LogP contribution in [-0.4, -0.2) is 29.9 Å². The zero-order valence-electron chi connectivity index (χ0n) is 15.1. The molecule has 24 heavy (non-hydrogen) atoms. The van der Waals surface area contributed by atoms with Gasteiger partial charge in [-0.25, -0.2) is 0 Å². The Morgan fingerprint density at radius 2 is 0.917 bits per heavy atom. The molecule has 0 unspecified atom stereocenters. The third kappa shape index (κ3) is 8.03. The predicted octanol–water partition coefficient (Wildman–Crippen LogP) is 3.28. The largest absolute Gasteiger partial charge is 0.261 e. The first kappa shape index (κ1) is 19.3. The molecular weight excluding hydrogens is 300 g/mol. The second kappa shape index (κ2) is 10.1. The zero-order valence-corrected chi connectivity index (χ0v) is 15.1. The van der Waals surface area contributed by atoms with Gasteiger partial charge in [-0.2, -0.15) is 0 Å². The van der Waals surface area contributed by atoms with E-state index in [4.69, 9.17) is 0 Å². The summed E-state index contributed by atoms with van der Waals surface area (Å²) in [6.45, 7) is 11.6. The average molecular weight is 324 g/mol. The van der Waals surface area contributed by atoms with Crippen molar-refractivity contribution in [2.45, 2.75) is 41.5 Å². The Labute approximate surface area is 143 Å². The Balaban J connectivity index is 0.000000180. The highest BCUT2D eigenvalue weighted by Gasteiger charge is 1.87. The van der Waals surface area contributed by atoms with Crippen molar-refractivity contribution in [3.63, 3.8) is 0 Å². The summed E-state index contributed by atoms with van der Waals surface area (Å²) in [5.41, 5.74) is 5.90. The molecule has 0 radical (unpaired) electrons. The van der Waals surface area contributed by atoms with E-state index < -0.39 is 0 Å². The summed E-state index contributed by atoms with van der Waals surface area (Å²) >= 11 is 0. The van der Waals surface area contributed by atoms with Crippen LogP contribution in [0.25, 0.3) is 0 Å². The molecule has 3 aromatic heterocycles. The topological polar surface area (TPSA) is 77.3 Å². The summed E-state index contributed by atoms with van der Waals surface area (Å²) in [5.74, 6) is 0. The Kier molecular flexibility index (Phi) is 8.11. The molecule has 3 rings (SSSR count). The Morgan fingerprint density at radius 3 is 1.17 bits per heavy atom. The van der Waals surface area contributed by atoms with Crippen LogP contribution in [0.2, 0.25) is 0 Å². The number of aryl methyl sites for hydroxylation is 6. The maximum atomic E-state index is 4.11. The summed E-state index contributed by atoms with van der Waals surface area (Å²) in [4.78, 5) is 24.1. The van der Waals surface area contributed by atoms with Crippen LogP contribution in [0, 0.1) is 41.5 Å². The molecule has 0 spiro atoms. The lowest BCUT2D eigenvalue weighted by molar-refractivity contribution is 1.05. The fraction of sp³-hybridized carbons (Fsp3) is 0.333. The van der Waals surface area contributed by atoms with E-state index in [9.17, 15) is 0 Å². The van der Waals surface area contributed by atoms with Crippen LogP contribution in [-0.2, 0) is 0 Å².